The maximum Gasteiger partial charge on any atom is 0.404 e. The lowest BCUT2D eigenvalue weighted by atomic mass is 9.92. The molecule has 0 aliphatic carbocycles. The van der Waals surface area contributed by atoms with Crippen LogP contribution in [0.3, 0.4) is 0 Å². The van der Waals surface area contributed by atoms with Crippen LogP contribution in [0.1, 0.15) is 12.8 Å². The van der Waals surface area contributed by atoms with E-state index in [0.717, 1.165) is 0 Å². The summed E-state index contributed by atoms with van der Waals surface area (Å²) in [5.41, 5.74) is 0. The van der Waals surface area contributed by atoms with Crippen LogP contribution in [0.2, 0.25) is 0 Å². The van der Waals surface area contributed by atoms with E-state index in [1.54, 1.807) is 0 Å². The molecule has 1 saturated heterocycles. The fraction of sp³-hybridized carbons (Fsp3) is 0.875. The highest BCUT2D eigenvalue weighted by Crippen LogP contribution is 2.34. The molecule has 0 N–H and O–H groups in total. The Balaban J connectivity index is 2.69. The van der Waals surface area contributed by atoms with E-state index in [1.165, 1.54) is 11.9 Å². The van der Waals surface area contributed by atoms with Crippen LogP contribution < -0.4 is 0 Å². The van der Waals surface area contributed by atoms with Gasteiger partial charge in [-0.3, -0.25) is 9.69 Å². The predicted octanol–water partition coefficient (Wildman–Crippen LogP) is 2.02. The van der Waals surface area contributed by atoms with Gasteiger partial charge < -0.3 is 0 Å². The second-order valence-electron chi connectivity index (χ2n) is 3.56. The highest BCUT2D eigenvalue weighted by molar-refractivity contribution is 6.64. The van der Waals surface area contributed by atoms with Gasteiger partial charge in [-0.25, -0.2) is 0 Å². The van der Waals surface area contributed by atoms with Gasteiger partial charge in [0.15, 0.2) is 0 Å². The van der Waals surface area contributed by atoms with Gasteiger partial charge in [0.25, 0.3) is 0 Å². The molecule has 1 aliphatic rings. The average molecular weight is 230 g/mol. The van der Waals surface area contributed by atoms with E-state index in [2.05, 4.69) is 0 Å². The molecule has 0 bridgehead atoms. The minimum atomic E-state index is -4.28. The van der Waals surface area contributed by atoms with E-state index in [9.17, 15) is 18.0 Å². The number of alkyl halides is 3. The molecule has 1 aliphatic heterocycles. The van der Waals surface area contributed by atoms with Crippen molar-refractivity contribution >= 4 is 16.8 Å². The number of piperidine rings is 1. The first-order valence-electron chi connectivity index (χ1n) is 4.28. The van der Waals surface area contributed by atoms with Crippen molar-refractivity contribution in [1.82, 2.24) is 4.90 Å². The summed E-state index contributed by atoms with van der Waals surface area (Å²) in [6.45, 7) is 0.257. The summed E-state index contributed by atoms with van der Waals surface area (Å²) >= 11 is 5.19. The van der Waals surface area contributed by atoms with Crippen molar-refractivity contribution in [2.75, 3.05) is 13.6 Å². The van der Waals surface area contributed by atoms with Crippen LogP contribution in [0.5, 0.6) is 0 Å². The normalized spacial score (nSPS) is 30.4. The van der Waals surface area contributed by atoms with Gasteiger partial charge in [0.2, 0.25) is 5.24 Å². The number of nitrogens with zero attached hydrogens (tertiary/aromatic N) is 1. The number of hydrogen-bond acceptors (Lipinski definition) is 2. The molecule has 1 fully saturated rings. The van der Waals surface area contributed by atoms with Gasteiger partial charge in [-0.15, -0.1) is 0 Å². The summed E-state index contributed by atoms with van der Waals surface area (Å²) in [7, 11) is 1.41. The molecule has 0 aromatic heterocycles. The van der Waals surface area contributed by atoms with Crippen LogP contribution in [0.15, 0.2) is 0 Å². The first-order chi connectivity index (χ1) is 6.32. The quantitative estimate of drug-likeness (QED) is 0.642. The summed E-state index contributed by atoms with van der Waals surface area (Å²) in [4.78, 5) is 12.0. The van der Waals surface area contributed by atoms with Crippen LogP contribution in [-0.2, 0) is 4.79 Å². The third-order valence-corrected chi connectivity index (χ3v) is 2.88. The van der Waals surface area contributed by atoms with E-state index in [0.29, 0.717) is 6.42 Å². The molecule has 2 nitrogen and oxygen atoms in total. The number of hydrogen-bond donors (Lipinski definition) is 0. The zero-order valence-electron chi connectivity index (χ0n) is 7.64. The van der Waals surface area contributed by atoms with Gasteiger partial charge >= 0.3 is 6.18 Å². The summed E-state index contributed by atoms with van der Waals surface area (Å²) in [6, 6.07) is -1.54. The summed E-state index contributed by atoms with van der Waals surface area (Å²) < 4.78 is 37.3. The van der Waals surface area contributed by atoms with E-state index in [-0.39, 0.29) is 13.0 Å². The van der Waals surface area contributed by atoms with E-state index >= 15 is 0 Å². The summed E-state index contributed by atoms with van der Waals surface area (Å²) in [5, 5.41) is -0.660. The number of likely N-dealkylation sites (tertiary alicyclic amines) is 1. The molecule has 2 atom stereocenters. The molecule has 0 spiro atoms. The standard InChI is InChI=1S/C8H11ClF3NO/c1-13-3-2-5(7(9)14)4-6(13)8(10,11)12/h5-6H,2-4H2,1H3. The van der Waals surface area contributed by atoms with Crippen LogP contribution in [0, 0.1) is 5.92 Å². The monoisotopic (exact) mass is 229 g/mol. The second-order valence-corrected chi connectivity index (χ2v) is 3.94. The van der Waals surface area contributed by atoms with Crippen molar-refractivity contribution in [3.63, 3.8) is 0 Å². The molecule has 0 amide bonds. The Labute approximate surface area is 85.0 Å². The van der Waals surface area contributed by atoms with Crippen molar-refractivity contribution in [3.05, 3.63) is 0 Å². The van der Waals surface area contributed by atoms with Crippen molar-refractivity contribution in [3.8, 4) is 0 Å². The molecule has 1 rings (SSSR count). The van der Waals surface area contributed by atoms with Crippen molar-refractivity contribution < 1.29 is 18.0 Å². The molecule has 82 valence electrons. The van der Waals surface area contributed by atoms with Gasteiger partial charge in [-0.05, 0) is 38.0 Å². The lowest BCUT2D eigenvalue weighted by Crippen LogP contribution is -2.49. The van der Waals surface area contributed by atoms with E-state index in [1.807, 2.05) is 0 Å². The zero-order valence-corrected chi connectivity index (χ0v) is 8.40. The molecule has 0 aromatic rings. The van der Waals surface area contributed by atoms with Crippen LogP contribution in [0.25, 0.3) is 0 Å². The van der Waals surface area contributed by atoms with Gasteiger partial charge in [-0.2, -0.15) is 13.2 Å². The molecular formula is C8H11ClF3NO. The van der Waals surface area contributed by atoms with Crippen molar-refractivity contribution in [1.29, 1.82) is 0 Å². The lowest BCUT2D eigenvalue weighted by molar-refractivity contribution is -0.191. The number of carbonyl (C=O) groups is 1. The smallest absolute Gasteiger partial charge is 0.295 e. The van der Waals surface area contributed by atoms with Gasteiger partial charge in [0.05, 0.1) is 0 Å². The topological polar surface area (TPSA) is 20.3 Å². The zero-order chi connectivity index (χ0) is 10.9. The van der Waals surface area contributed by atoms with Crippen LogP contribution >= 0.6 is 11.6 Å². The Kier molecular flexibility index (Phi) is 3.42. The molecule has 1 heterocycles. The third kappa shape index (κ3) is 2.60. The van der Waals surface area contributed by atoms with E-state index < -0.39 is 23.4 Å². The van der Waals surface area contributed by atoms with Gasteiger partial charge in [-0.1, -0.05) is 0 Å². The van der Waals surface area contributed by atoms with Crippen molar-refractivity contribution in [2.45, 2.75) is 25.1 Å². The SMILES string of the molecule is CN1CCC(C(=O)Cl)CC1C(F)(F)F. The fourth-order valence-corrected chi connectivity index (χ4v) is 1.87. The average Bonchev–Trinajstić information content (AvgIpc) is 2.02. The number of halogens is 4. The third-order valence-electron chi connectivity index (χ3n) is 2.57. The Bertz CT molecular complexity index is 231. The maximum absolute atomic E-state index is 12.4. The minimum Gasteiger partial charge on any atom is -0.295 e. The first-order valence-corrected chi connectivity index (χ1v) is 4.66. The second kappa shape index (κ2) is 4.06. The molecule has 14 heavy (non-hydrogen) atoms. The maximum atomic E-state index is 12.4. The summed E-state index contributed by atoms with van der Waals surface area (Å²) in [5.74, 6) is -0.653. The lowest BCUT2D eigenvalue weighted by Gasteiger charge is -2.36. The van der Waals surface area contributed by atoms with Gasteiger partial charge in [0.1, 0.15) is 6.04 Å². The highest BCUT2D eigenvalue weighted by Gasteiger charge is 2.46. The number of rotatable bonds is 1. The van der Waals surface area contributed by atoms with Crippen molar-refractivity contribution in [2.24, 2.45) is 5.92 Å². The Morgan fingerprint density at radius 3 is 2.50 bits per heavy atom. The number of carbonyl (C=O) groups excluding carboxylic acids is 1. The van der Waals surface area contributed by atoms with E-state index in [4.69, 9.17) is 11.6 Å². The molecule has 2 unspecified atom stereocenters. The molecule has 0 aromatic carbocycles. The largest absolute Gasteiger partial charge is 0.404 e. The van der Waals surface area contributed by atoms with Crippen LogP contribution in [-0.4, -0.2) is 36.0 Å². The fourth-order valence-electron chi connectivity index (χ4n) is 1.67. The predicted molar refractivity (Wildman–Crippen MR) is 46.1 cm³/mol. The molecule has 6 heteroatoms. The Morgan fingerprint density at radius 2 is 2.07 bits per heavy atom. The summed E-state index contributed by atoms with van der Waals surface area (Å²) in [6.07, 6.45) is -4.09. The van der Waals surface area contributed by atoms with Crippen LogP contribution in [0.4, 0.5) is 13.2 Å². The first kappa shape index (κ1) is 11.8. The molecule has 0 radical (unpaired) electrons. The van der Waals surface area contributed by atoms with Gasteiger partial charge in [0, 0.05) is 5.92 Å². The molecule has 0 saturated carbocycles. The molecular weight excluding hydrogens is 219 g/mol. The highest BCUT2D eigenvalue weighted by atomic mass is 35.5. The Hall–Kier alpha value is -0.290. The minimum absolute atomic E-state index is 0.220. The Morgan fingerprint density at radius 1 is 1.50 bits per heavy atom.